The number of hydrogen-bond donors (Lipinski definition) is 1. The van der Waals surface area contributed by atoms with Crippen LogP contribution in [0.5, 0.6) is 0 Å². The number of nitrogens with one attached hydrogen (secondary N) is 1. The van der Waals surface area contributed by atoms with Crippen molar-refractivity contribution in [3.05, 3.63) is 48.6 Å². The molecule has 0 fully saturated rings. The number of hydrogen-bond acceptors (Lipinski definition) is 3. The fourth-order valence-electron chi connectivity index (χ4n) is 1.86. The maximum atomic E-state index is 11.2. The number of carbonyl (C=O) groups excluding carboxylic acids is 1. The van der Waals surface area contributed by atoms with E-state index in [1.165, 1.54) is 5.56 Å². The second-order valence-corrected chi connectivity index (χ2v) is 4.38. The predicted octanol–water partition coefficient (Wildman–Crippen LogP) is 2.72. The highest BCUT2D eigenvalue weighted by atomic mass is 16.5. The van der Waals surface area contributed by atoms with E-state index in [4.69, 9.17) is 4.74 Å². The fourth-order valence-corrected chi connectivity index (χ4v) is 1.86. The second-order valence-electron chi connectivity index (χ2n) is 4.38. The lowest BCUT2D eigenvalue weighted by molar-refractivity contribution is -0.142. The number of benzene rings is 1. The summed E-state index contributed by atoms with van der Waals surface area (Å²) in [6.45, 7) is 6.72. The molecule has 0 bridgehead atoms. The molecule has 1 atom stereocenters. The zero-order valence-corrected chi connectivity index (χ0v) is 11.6. The molecule has 1 rings (SSSR count). The lowest BCUT2D eigenvalue weighted by Gasteiger charge is -2.14. The number of ether oxygens (including phenoxy) is 1. The molecule has 1 N–H and O–H groups in total. The molecule has 0 aliphatic rings. The largest absolute Gasteiger partial charge is 0.466 e. The minimum Gasteiger partial charge on any atom is -0.466 e. The molecule has 104 valence electrons. The van der Waals surface area contributed by atoms with Gasteiger partial charge >= 0.3 is 5.97 Å². The van der Waals surface area contributed by atoms with E-state index >= 15 is 0 Å². The summed E-state index contributed by atoms with van der Waals surface area (Å²) in [6, 6.07) is 10.6. The van der Waals surface area contributed by atoms with Crippen molar-refractivity contribution in [2.45, 2.75) is 32.2 Å². The van der Waals surface area contributed by atoms with Crippen molar-refractivity contribution in [1.29, 1.82) is 0 Å². The Labute approximate surface area is 115 Å². The third-order valence-electron chi connectivity index (χ3n) is 2.91. The molecular formula is C16H23NO2. The molecule has 0 aromatic heterocycles. The Hall–Kier alpha value is -1.61. The van der Waals surface area contributed by atoms with Gasteiger partial charge in [-0.25, -0.2) is 0 Å². The van der Waals surface area contributed by atoms with E-state index in [-0.39, 0.29) is 12.0 Å². The number of aryl methyl sites for hydroxylation is 1. The molecule has 0 saturated carbocycles. The van der Waals surface area contributed by atoms with Gasteiger partial charge in [0.1, 0.15) is 0 Å². The van der Waals surface area contributed by atoms with Crippen LogP contribution in [0.2, 0.25) is 0 Å². The van der Waals surface area contributed by atoms with Crippen LogP contribution in [-0.2, 0) is 16.0 Å². The Kier molecular flexibility index (Phi) is 7.59. The highest BCUT2D eigenvalue weighted by Crippen LogP contribution is 2.05. The maximum Gasteiger partial charge on any atom is 0.307 e. The van der Waals surface area contributed by atoms with Crippen molar-refractivity contribution in [3.8, 4) is 0 Å². The van der Waals surface area contributed by atoms with Gasteiger partial charge in [-0.15, -0.1) is 6.58 Å². The Morgan fingerprint density at radius 2 is 2.16 bits per heavy atom. The first-order chi connectivity index (χ1) is 9.26. The Balaban J connectivity index is 2.22. The fraction of sp³-hybridized carbons (Fsp3) is 0.438. The van der Waals surface area contributed by atoms with Crippen molar-refractivity contribution in [3.63, 3.8) is 0 Å². The first kappa shape index (κ1) is 15.4. The summed E-state index contributed by atoms with van der Waals surface area (Å²) in [6.07, 6.45) is 4.29. The van der Waals surface area contributed by atoms with Gasteiger partial charge in [-0.1, -0.05) is 36.4 Å². The molecule has 0 heterocycles. The smallest absolute Gasteiger partial charge is 0.307 e. The van der Waals surface area contributed by atoms with Crippen molar-refractivity contribution in [2.24, 2.45) is 0 Å². The molecule has 19 heavy (non-hydrogen) atoms. The van der Waals surface area contributed by atoms with Crippen LogP contribution in [-0.4, -0.2) is 25.2 Å². The molecule has 0 spiro atoms. The first-order valence-corrected chi connectivity index (χ1v) is 6.81. The van der Waals surface area contributed by atoms with Gasteiger partial charge < -0.3 is 10.1 Å². The maximum absolute atomic E-state index is 11.2. The average Bonchev–Trinajstić information content (AvgIpc) is 2.44. The van der Waals surface area contributed by atoms with Crippen LogP contribution in [0.3, 0.4) is 0 Å². The SMILES string of the molecule is C=C[C@@H](CCc1ccccc1)NCCC(=O)OCC. The summed E-state index contributed by atoms with van der Waals surface area (Å²) < 4.78 is 4.88. The Morgan fingerprint density at radius 1 is 1.42 bits per heavy atom. The molecule has 0 amide bonds. The summed E-state index contributed by atoms with van der Waals surface area (Å²) in [5.74, 6) is -0.152. The van der Waals surface area contributed by atoms with Crippen molar-refractivity contribution < 1.29 is 9.53 Å². The van der Waals surface area contributed by atoms with Gasteiger partial charge in [-0.2, -0.15) is 0 Å². The second kappa shape index (κ2) is 9.34. The van der Waals surface area contributed by atoms with Crippen LogP contribution >= 0.6 is 0 Å². The third-order valence-corrected chi connectivity index (χ3v) is 2.91. The predicted molar refractivity (Wildman–Crippen MR) is 78.0 cm³/mol. The molecular weight excluding hydrogens is 238 g/mol. The topological polar surface area (TPSA) is 38.3 Å². The summed E-state index contributed by atoms with van der Waals surface area (Å²) in [5.41, 5.74) is 1.32. The van der Waals surface area contributed by atoms with Crippen LogP contribution in [0.25, 0.3) is 0 Å². The van der Waals surface area contributed by atoms with E-state index in [9.17, 15) is 4.79 Å². The first-order valence-electron chi connectivity index (χ1n) is 6.81. The van der Waals surface area contributed by atoms with Crippen LogP contribution in [0.4, 0.5) is 0 Å². The van der Waals surface area contributed by atoms with E-state index < -0.39 is 0 Å². The number of esters is 1. The molecule has 0 aliphatic carbocycles. The molecule has 3 nitrogen and oxygen atoms in total. The molecule has 0 radical (unpaired) electrons. The summed E-state index contributed by atoms with van der Waals surface area (Å²) in [4.78, 5) is 11.2. The summed E-state index contributed by atoms with van der Waals surface area (Å²) >= 11 is 0. The number of rotatable bonds is 9. The zero-order chi connectivity index (χ0) is 13.9. The highest BCUT2D eigenvalue weighted by Gasteiger charge is 2.06. The normalized spacial score (nSPS) is 11.8. The highest BCUT2D eigenvalue weighted by molar-refractivity contribution is 5.69. The molecule has 0 aliphatic heterocycles. The van der Waals surface area contributed by atoms with Crippen LogP contribution in [0.1, 0.15) is 25.3 Å². The van der Waals surface area contributed by atoms with Crippen LogP contribution in [0.15, 0.2) is 43.0 Å². The van der Waals surface area contributed by atoms with Gasteiger partial charge in [0.15, 0.2) is 0 Å². The van der Waals surface area contributed by atoms with Crippen molar-refractivity contribution in [1.82, 2.24) is 5.32 Å². The summed E-state index contributed by atoms with van der Waals surface area (Å²) in [5, 5.41) is 3.31. The standard InChI is InChI=1S/C16H23NO2/c1-3-15(17-13-12-16(18)19-4-2)11-10-14-8-6-5-7-9-14/h3,5-9,15,17H,1,4,10-13H2,2H3/t15-/m0/s1. The monoisotopic (exact) mass is 261 g/mol. The molecule has 1 aromatic rings. The Morgan fingerprint density at radius 3 is 2.79 bits per heavy atom. The van der Waals surface area contributed by atoms with Gasteiger partial charge in [0.05, 0.1) is 13.0 Å². The Bertz CT molecular complexity index is 376. The third kappa shape index (κ3) is 6.77. The molecule has 0 saturated heterocycles. The minimum atomic E-state index is -0.152. The van der Waals surface area contributed by atoms with E-state index in [1.54, 1.807) is 0 Å². The van der Waals surface area contributed by atoms with Crippen LogP contribution < -0.4 is 5.32 Å². The van der Waals surface area contributed by atoms with Gasteiger partial charge in [0.25, 0.3) is 0 Å². The van der Waals surface area contributed by atoms with Crippen molar-refractivity contribution >= 4 is 5.97 Å². The van der Waals surface area contributed by atoms with Crippen LogP contribution in [0, 0.1) is 0 Å². The average molecular weight is 261 g/mol. The van der Waals surface area contributed by atoms with E-state index in [0.717, 1.165) is 12.8 Å². The van der Waals surface area contributed by atoms with Crippen molar-refractivity contribution in [2.75, 3.05) is 13.2 Å². The van der Waals surface area contributed by atoms with E-state index in [1.807, 2.05) is 31.2 Å². The van der Waals surface area contributed by atoms with Gasteiger partial charge in [-0.3, -0.25) is 4.79 Å². The molecule has 3 heteroatoms. The zero-order valence-electron chi connectivity index (χ0n) is 11.6. The number of carbonyl (C=O) groups is 1. The van der Waals surface area contributed by atoms with Gasteiger partial charge in [0.2, 0.25) is 0 Å². The molecule has 0 unspecified atom stereocenters. The van der Waals surface area contributed by atoms with E-state index in [0.29, 0.717) is 19.6 Å². The van der Waals surface area contributed by atoms with Gasteiger partial charge in [0, 0.05) is 12.6 Å². The summed E-state index contributed by atoms with van der Waals surface area (Å²) in [7, 11) is 0. The van der Waals surface area contributed by atoms with Gasteiger partial charge in [-0.05, 0) is 25.3 Å². The lowest BCUT2D eigenvalue weighted by atomic mass is 10.1. The molecule has 1 aromatic carbocycles. The quantitative estimate of drug-likeness (QED) is 0.548. The minimum absolute atomic E-state index is 0.152. The lowest BCUT2D eigenvalue weighted by Crippen LogP contribution is -2.30. The van der Waals surface area contributed by atoms with E-state index in [2.05, 4.69) is 24.0 Å².